The second-order valence-corrected chi connectivity index (χ2v) is 18.9. The van der Waals surface area contributed by atoms with Gasteiger partial charge in [-0.15, -0.1) is 0 Å². The Hall–Kier alpha value is -11.2. The van der Waals surface area contributed by atoms with Gasteiger partial charge in [0.2, 0.25) is 0 Å². The topological polar surface area (TPSA) is 135 Å². The largest absolute Gasteiger partial charge is 0.308 e. The number of nitrogens with zero attached hydrogens (tertiary/aromatic N) is 10. The van der Waals surface area contributed by atoms with E-state index in [4.69, 9.17) is 29.9 Å². The van der Waals surface area contributed by atoms with Gasteiger partial charge in [-0.1, -0.05) is 170 Å². The third kappa shape index (κ3) is 7.89. The second-order valence-electron chi connectivity index (χ2n) is 18.9. The molecule has 0 radical (unpaired) electrons. The maximum absolute atomic E-state index is 10.1. The van der Waals surface area contributed by atoms with Gasteiger partial charge in [0.1, 0.15) is 0 Å². The zero-order chi connectivity index (χ0) is 52.1. The van der Waals surface area contributed by atoms with Crippen molar-refractivity contribution in [3.63, 3.8) is 0 Å². The Labute approximate surface area is 447 Å². The van der Waals surface area contributed by atoms with Crippen LogP contribution >= 0.6 is 0 Å². The Bertz CT molecular complexity index is 4330. The molecular formula is C68H40N10. The Morgan fingerprint density at radius 1 is 0.256 bits per heavy atom. The molecule has 14 aromatic rings. The summed E-state index contributed by atoms with van der Waals surface area (Å²) in [7, 11) is 0. The molecule has 10 aromatic carbocycles. The summed E-state index contributed by atoms with van der Waals surface area (Å²) in [5.41, 5.74) is 13.4. The average molecular weight is 997 g/mol. The number of hydrogen-bond acceptors (Lipinski definition) is 8. The standard InChI is InChI=1S/C68H40N10/c69-41-43-29-33-59-53(37-43)51-25-13-15-27-57(51)77(59)61-35-31-49(39-55(61)67-73-63(45-17-5-1-6-18-45)71-64(74-67)46-19-7-2-8-20-46)50-32-36-62(78-58-28-16-14-26-52(58)54-38-44(42-70)30-34-60(54)78)56(40-50)68-75-65(47-21-9-3-10-22-47)72-66(76-68)48-23-11-4-12-24-48/h1-40H. The van der Waals surface area contributed by atoms with Crippen molar-refractivity contribution in [1.82, 2.24) is 39.0 Å². The highest BCUT2D eigenvalue weighted by atomic mass is 15.1. The van der Waals surface area contributed by atoms with Gasteiger partial charge in [0, 0.05) is 54.9 Å². The van der Waals surface area contributed by atoms with E-state index >= 15 is 0 Å². The fourth-order valence-corrected chi connectivity index (χ4v) is 10.6. The molecule has 0 saturated heterocycles. The Morgan fingerprint density at radius 3 is 0.910 bits per heavy atom. The summed E-state index contributed by atoms with van der Waals surface area (Å²) in [5, 5.41) is 24.1. The van der Waals surface area contributed by atoms with Gasteiger partial charge in [0.15, 0.2) is 34.9 Å². The van der Waals surface area contributed by atoms with Crippen molar-refractivity contribution in [3.8, 4) is 103 Å². The van der Waals surface area contributed by atoms with Crippen molar-refractivity contribution >= 4 is 43.6 Å². The minimum atomic E-state index is 0.482. The van der Waals surface area contributed by atoms with Gasteiger partial charge < -0.3 is 9.13 Å². The number of para-hydroxylation sites is 2. The van der Waals surface area contributed by atoms with Crippen LogP contribution in [0, 0.1) is 22.7 Å². The molecule has 362 valence electrons. The van der Waals surface area contributed by atoms with E-state index in [0.29, 0.717) is 46.1 Å². The monoisotopic (exact) mass is 996 g/mol. The Morgan fingerprint density at radius 2 is 0.564 bits per heavy atom. The molecule has 0 fully saturated rings. The van der Waals surface area contributed by atoms with Gasteiger partial charge >= 0.3 is 0 Å². The van der Waals surface area contributed by atoms with Crippen LogP contribution in [-0.4, -0.2) is 39.0 Å². The predicted octanol–water partition coefficient (Wildman–Crippen LogP) is 15.7. The number of fused-ring (bicyclic) bond motifs is 6. The van der Waals surface area contributed by atoms with Crippen molar-refractivity contribution in [2.75, 3.05) is 0 Å². The maximum Gasteiger partial charge on any atom is 0.166 e. The molecule has 0 aliphatic carbocycles. The summed E-state index contributed by atoms with van der Waals surface area (Å²) in [5.74, 6) is 3.11. The molecular weight excluding hydrogens is 957 g/mol. The molecule has 0 spiro atoms. The first-order chi connectivity index (χ1) is 38.6. The van der Waals surface area contributed by atoms with Crippen LogP contribution in [0.25, 0.3) is 134 Å². The molecule has 78 heavy (non-hydrogen) atoms. The summed E-state index contributed by atoms with van der Waals surface area (Å²) in [6, 6.07) is 85.8. The second kappa shape index (κ2) is 18.9. The van der Waals surface area contributed by atoms with Gasteiger partial charge in [0.25, 0.3) is 0 Å². The lowest BCUT2D eigenvalue weighted by Gasteiger charge is -2.18. The fourth-order valence-electron chi connectivity index (χ4n) is 10.6. The highest BCUT2D eigenvalue weighted by Gasteiger charge is 2.24. The quantitative estimate of drug-likeness (QED) is 0.139. The first-order valence-corrected chi connectivity index (χ1v) is 25.5. The highest BCUT2D eigenvalue weighted by Crippen LogP contribution is 2.42. The molecule has 0 atom stereocenters. The van der Waals surface area contributed by atoms with Gasteiger partial charge in [-0.25, -0.2) is 29.9 Å². The minimum Gasteiger partial charge on any atom is -0.308 e. The summed E-state index contributed by atoms with van der Waals surface area (Å²) in [6.07, 6.45) is 0. The molecule has 0 unspecified atom stereocenters. The van der Waals surface area contributed by atoms with Crippen LogP contribution < -0.4 is 0 Å². The fraction of sp³-hybridized carbons (Fsp3) is 0. The maximum atomic E-state index is 10.1. The van der Waals surface area contributed by atoms with E-state index in [1.54, 1.807) is 0 Å². The van der Waals surface area contributed by atoms with Gasteiger partial charge in [-0.2, -0.15) is 10.5 Å². The summed E-state index contributed by atoms with van der Waals surface area (Å²) in [6.45, 7) is 0. The van der Waals surface area contributed by atoms with Gasteiger partial charge in [-0.05, 0) is 83.9 Å². The van der Waals surface area contributed by atoms with Gasteiger partial charge in [-0.3, -0.25) is 0 Å². The van der Waals surface area contributed by atoms with E-state index in [9.17, 15) is 10.5 Å². The highest BCUT2D eigenvalue weighted by molar-refractivity contribution is 6.11. The molecule has 0 amide bonds. The number of hydrogen-bond donors (Lipinski definition) is 0. The van der Waals surface area contributed by atoms with Crippen LogP contribution in [0.5, 0.6) is 0 Å². The molecule has 0 aliphatic heterocycles. The van der Waals surface area contributed by atoms with Crippen molar-refractivity contribution in [2.24, 2.45) is 0 Å². The van der Waals surface area contributed by atoms with Crippen molar-refractivity contribution in [3.05, 3.63) is 254 Å². The van der Waals surface area contributed by atoms with E-state index in [0.717, 1.165) is 99.5 Å². The molecule has 14 rings (SSSR count). The average Bonchev–Trinajstić information content (AvgIpc) is 4.20. The van der Waals surface area contributed by atoms with Crippen LogP contribution in [-0.2, 0) is 0 Å². The van der Waals surface area contributed by atoms with Crippen LogP contribution in [0.2, 0.25) is 0 Å². The first kappa shape index (κ1) is 45.4. The number of nitriles is 2. The number of aromatic nitrogens is 8. The van der Waals surface area contributed by atoms with Crippen molar-refractivity contribution in [1.29, 1.82) is 10.5 Å². The predicted molar refractivity (Wildman–Crippen MR) is 309 cm³/mol. The van der Waals surface area contributed by atoms with E-state index < -0.39 is 0 Å². The van der Waals surface area contributed by atoms with E-state index in [2.05, 4.69) is 81.9 Å². The van der Waals surface area contributed by atoms with E-state index in [1.165, 1.54) is 0 Å². The molecule has 0 saturated carbocycles. The summed E-state index contributed by atoms with van der Waals surface area (Å²) < 4.78 is 4.49. The lowest BCUT2D eigenvalue weighted by molar-refractivity contribution is 1.06. The van der Waals surface area contributed by atoms with Crippen LogP contribution in [0.3, 0.4) is 0 Å². The van der Waals surface area contributed by atoms with Crippen LogP contribution in [0.4, 0.5) is 0 Å². The third-order valence-electron chi connectivity index (χ3n) is 14.3. The van der Waals surface area contributed by atoms with Crippen molar-refractivity contribution in [2.45, 2.75) is 0 Å². The normalized spacial score (nSPS) is 11.3. The smallest absolute Gasteiger partial charge is 0.166 e. The summed E-state index contributed by atoms with van der Waals surface area (Å²) in [4.78, 5) is 31.5. The first-order valence-electron chi connectivity index (χ1n) is 25.5. The zero-order valence-electron chi connectivity index (χ0n) is 41.6. The summed E-state index contributed by atoms with van der Waals surface area (Å²) >= 11 is 0. The van der Waals surface area contributed by atoms with Crippen LogP contribution in [0.15, 0.2) is 243 Å². The molecule has 4 heterocycles. The number of benzene rings is 10. The third-order valence-corrected chi connectivity index (χ3v) is 14.3. The molecule has 0 aliphatic rings. The van der Waals surface area contributed by atoms with E-state index in [1.807, 2.05) is 182 Å². The van der Waals surface area contributed by atoms with E-state index in [-0.39, 0.29) is 0 Å². The molecule has 0 N–H and O–H groups in total. The van der Waals surface area contributed by atoms with Crippen molar-refractivity contribution < 1.29 is 0 Å². The van der Waals surface area contributed by atoms with Gasteiger partial charge in [0.05, 0.1) is 56.7 Å². The molecule has 10 heteroatoms. The Kier molecular flexibility index (Phi) is 11.0. The lowest BCUT2D eigenvalue weighted by Crippen LogP contribution is -2.05. The Balaban J connectivity index is 1.06. The minimum absolute atomic E-state index is 0.482. The SMILES string of the molecule is N#Cc1ccc2c(c1)c1ccccc1n2-c1ccc(-c2ccc(-n3c4ccccc4c4cc(C#N)ccc43)c(-c3nc(-c4ccccc4)nc(-c4ccccc4)n3)c2)cc1-c1nc(-c2ccccc2)nc(-c2ccccc2)n1. The molecule has 0 bridgehead atoms. The zero-order valence-corrected chi connectivity index (χ0v) is 41.6. The lowest BCUT2D eigenvalue weighted by atomic mass is 9.97. The van der Waals surface area contributed by atoms with Crippen LogP contribution in [0.1, 0.15) is 11.1 Å². The molecule has 4 aromatic heterocycles. The molecule has 10 nitrogen and oxygen atoms in total. The number of rotatable bonds is 9.